The molecule has 0 aromatic rings. The van der Waals surface area contributed by atoms with Crippen LogP contribution in [0, 0.1) is 44.3 Å². The lowest BCUT2D eigenvalue weighted by atomic mass is 9.35. The molecule has 192 valence electrons. The monoisotopic (exact) mass is 472 g/mol. The molecule has 3 fully saturated rings. The highest BCUT2D eigenvalue weighted by Gasteiger charge is 2.68. The molecule has 0 bridgehead atoms. The van der Waals surface area contributed by atoms with Crippen molar-refractivity contribution in [2.75, 3.05) is 13.2 Å². The zero-order chi connectivity index (χ0) is 24.9. The van der Waals surface area contributed by atoms with E-state index in [1.165, 1.54) is 11.1 Å². The number of rotatable bonds is 2. The van der Waals surface area contributed by atoms with Crippen molar-refractivity contribution >= 4 is 0 Å². The van der Waals surface area contributed by atoms with E-state index in [1.807, 2.05) is 0 Å². The Morgan fingerprint density at radius 3 is 2.21 bits per heavy atom. The van der Waals surface area contributed by atoms with Crippen LogP contribution in [0.4, 0.5) is 0 Å². The van der Waals surface area contributed by atoms with Crippen LogP contribution in [-0.4, -0.2) is 45.8 Å². The zero-order valence-corrected chi connectivity index (χ0v) is 22.3. The number of fused-ring (bicyclic) bond motifs is 6. The van der Waals surface area contributed by atoms with Gasteiger partial charge in [0, 0.05) is 16.2 Å². The van der Waals surface area contributed by atoms with Gasteiger partial charge in [-0.25, -0.2) is 0 Å². The van der Waals surface area contributed by atoms with E-state index in [1.54, 1.807) is 0 Å². The molecule has 0 spiro atoms. The maximum Gasteiger partial charge on any atom is 0.0664 e. The molecule has 34 heavy (non-hydrogen) atoms. The van der Waals surface area contributed by atoms with Crippen LogP contribution >= 0.6 is 0 Å². The van der Waals surface area contributed by atoms with Crippen LogP contribution in [-0.2, 0) is 0 Å². The first-order valence-corrected chi connectivity index (χ1v) is 13.7. The van der Waals surface area contributed by atoms with Gasteiger partial charge in [-0.2, -0.15) is 0 Å². The second-order valence-corrected chi connectivity index (χ2v) is 14.7. The Kier molecular flexibility index (Phi) is 5.46. The largest absolute Gasteiger partial charge is 0.396 e. The van der Waals surface area contributed by atoms with Crippen LogP contribution in [0.2, 0.25) is 0 Å². The molecule has 0 aromatic heterocycles. The van der Waals surface area contributed by atoms with Crippen molar-refractivity contribution in [3.63, 3.8) is 0 Å². The molecular formula is C30H48O4. The van der Waals surface area contributed by atoms with Gasteiger partial charge in [-0.1, -0.05) is 59.3 Å². The van der Waals surface area contributed by atoms with E-state index in [0.29, 0.717) is 12.3 Å². The molecule has 4 N–H and O–H groups in total. The predicted molar refractivity (Wildman–Crippen MR) is 135 cm³/mol. The highest BCUT2D eigenvalue weighted by molar-refractivity contribution is 5.47. The quantitative estimate of drug-likeness (QED) is 0.456. The first-order valence-electron chi connectivity index (χ1n) is 13.7. The molecule has 0 aliphatic heterocycles. The predicted octanol–water partition coefficient (Wildman–Crippen LogP) is 5.00. The highest BCUT2D eigenvalue weighted by Crippen LogP contribution is 2.74. The third kappa shape index (κ3) is 2.86. The minimum atomic E-state index is -0.525. The number of hydrogen-bond acceptors (Lipinski definition) is 4. The van der Waals surface area contributed by atoms with Crippen molar-refractivity contribution in [3.05, 3.63) is 23.3 Å². The second-order valence-electron chi connectivity index (χ2n) is 14.7. The van der Waals surface area contributed by atoms with Crippen molar-refractivity contribution in [3.8, 4) is 0 Å². The third-order valence-electron chi connectivity index (χ3n) is 12.7. The van der Waals surface area contributed by atoms with Gasteiger partial charge in [0.1, 0.15) is 0 Å². The van der Waals surface area contributed by atoms with Crippen molar-refractivity contribution in [1.82, 2.24) is 0 Å². The average Bonchev–Trinajstić information content (AvgIpc) is 2.77. The SMILES string of the molecule is CC1(C)CC[C@@]2(CO)C(=C3C=C[C@@H]4[C@@]5(C)CC[C@H](O)[C@@](C)(CO)[C@@H]5CC[C@@]4(C)[C@]3(C)C[C@@H]2O)C1. The Bertz CT molecular complexity index is 921. The third-order valence-corrected chi connectivity index (χ3v) is 12.7. The Hall–Kier alpha value is -0.680. The van der Waals surface area contributed by atoms with Gasteiger partial charge < -0.3 is 20.4 Å². The molecule has 4 nitrogen and oxygen atoms in total. The fourth-order valence-electron chi connectivity index (χ4n) is 10.1. The molecule has 3 saturated carbocycles. The summed E-state index contributed by atoms with van der Waals surface area (Å²) < 4.78 is 0. The van der Waals surface area contributed by atoms with E-state index in [-0.39, 0.29) is 40.8 Å². The Labute approximate surface area is 206 Å². The Morgan fingerprint density at radius 1 is 0.853 bits per heavy atom. The summed E-state index contributed by atoms with van der Waals surface area (Å²) in [5.74, 6) is 0.602. The summed E-state index contributed by atoms with van der Waals surface area (Å²) in [5.41, 5.74) is 1.75. The number of allylic oxidation sites excluding steroid dienone is 3. The molecule has 0 amide bonds. The summed E-state index contributed by atoms with van der Waals surface area (Å²) in [7, 11) is 0. The number of aliphatic hydroxyl groups is 4. The maximum atomic E-state index is 11.7. The summed E-state index contributed by atoms with van der Waals surface area (Å²) in [4.78, 5) is 0. The fraction of sp³-hybridized carbons (Fsp3) is 0.867. The van der Waals surface area contributed by atoms with E-state index in [2.05, 4.69) is 53.7 Å². The Morgan fingerprint density at radius 2 is 1.56 bits per heavy atom. The summed E-state index contributed by atoms with van der Waals surface area (Å²) in [5, 5.41) is 43.6. The van der Waals surface area contributed by atoms with Crippen LogP contribution in [0.3, 0.4) is 0 Å². The number of aliphatic hydroxyl groups excluding tert-OH is 4. The molecule has 0 aromatic carbocycles. The summed E-state index contributed by atoms with van der Waals surface area (Å²) in [6.45, 7) is 14.1. The smallest absolute Gasteiger partial charge is 0.0664 e. The van der Waals surface area contributed by atoms with Crippen LogP contribution in [0.5, 0.6) is 0 Å². The fourth-order valence-corrected chi connectivity index (χ4v) is 10.1. The van der Waals surface area contributed by atoms with Crippen molar-refractivity contribution in [2.24, 2.45) is 44.3 Å². The van der Waals surface area contributed by atoms with Crippen molar-refractivity contribution in [2.45, 2.75) is 105 Å². The second kappa shape index (κ2) is 7.43. The standard InChI is InChI=1S/C30H48O4/c1-25(2)13-14-30(18-32)20(15-25)19-7-8-22-26(3)11-10-23(33)27(4,17-31)21(26)9-12-28(22,5)29(19,6)16-24(30)34/h7-8,21-24,31-34H,9-18H2,1-6H3/t21-,22-,23+,24+,26+,27+,28-,29-,30-/m1/s1. The first kappa shape index (κ1) is 25.0. The van der Waals surface area contributed by atoms with Crippen molar-refractivity contribution < 1.29 is 20.4 Å². The lowest BCUT2D eigenvalue weighted by Gasteiger charge is -2.70. The van der Waals surface area contributed by atoms with E-state index in [4.69, 9.17) is 0 Å². The van der Waals surface area contributed by atoms with Gasteiger partial charge in [-0.05, 0) is 85.0 Å². The van der Waals surface area contributed by atoms with Gasteiger partial charge in [0.2, 0.25) is 0 Å². The normalized spacial score (nSPS) is 54.1. The lowest BCUT2D eigenvalue weighted by Crippen LogP contribution is -2.65. The van der Waals surface area contributed by atoms with Crippen LogP contribution in [0.25, 0.3) is 0 Å². The summed E-state index contributed by atoms with van der Waals surface area (Å²) in [6, 6.07) is 0. The van der Waals surface area contributed by atoms with E-state index in [0.717, 1.165) is 44.9 Å². The average molecular weight is 473 g/mol. The summed E-state index contributed by atoms with van der Waals surface area (Å²) in [6.07, 6.45) is 11.1. The molecule has 9 atom stereocenters. The minimum Gasteiger partial charge on any atom is -0.396 e. The van der Waals surface area contributed by atoms with Gasteiger partial charge in [0.15, 0.2) is 0 Å². The van der Waals surface area contributed by atoms with Gasteiger partial charge in [-0.3, -0.25) is 0 Å². The molecule has 4 heteroatoms. The highest BCUT2D eigenvalue weighted by atomic mass is 16.3. The molecule has 0 saturated heterocycles. The van der Waals surface area contributed by atoms with Crippen LogP contribution in [0.1, 0.15) is 92.9 Å². The van der Waals surface area contributed by atoms with Gasteiger partial charge in [0.05, 0.1) is 25.4 Å². The zero-order valence-electron chi connectivity index (χ0n) is 22.3. The molecule has 5 aliphatic carbocycles. The maximum absolute atomic E-state index is 11.7. The lowest BCUT2D eigenvalue weighted by molar-refractivity contribution is -0.203. The molecule has 0 radical (unpaired) electrons. The topological polar surface area (TPSA) is 80.9 Å². The van der Waals surface area contributed by atoms with Gasteiger partial charge in [0.25, 0.3) is 0 Å². The van der Waals surface area contributed by atoms with Crippen LogP contribution < -0.4 is 0 Å². The molecule has 5 aliphatic rings. The molecular weight excluding hydrogens is 424 g/mol. The van der Waals surface area contributed by atoms with E-state index in [9.17, 15) is 20.4 Å². The first-order chi connectivity index (χ1) is 15.7. The summed E-state index contributed by atoms with van der Waals surface area (Å²) >= 11 is 0. The minimum absolute atomic E-state index is 0.00171. The van der Waals surface area contributed by atoms with E-state index < -0.39 is 23.0 Å². The van der Waals surface area contributed by atoms with Gasteiger partial charge in [-0.15, -0.1) is 0 Å². The van der Waals surface area contributed by atoms with Crippen molar-refractivity contribution in [1.29, 1.82) is 0 Å². The Balaban J connectivity index is 1.68. The molecule has 0 heterocycles. The van der Waals surface area contributed by atoms with E-state index >= 15 is 0 Å². The van der Waals surface area contributed by atoms with Gasteiger partial charge >= 0.3 is 0 Å². The number of hydrogen-bond donors (Lipinski definition) is 4. The molecule has 5 rings (SSSR count). The molecule has 0 unspecified atom stereocenters. The van der Waals surface area contributed by atoms with Crippen LogP contribution in [0.15, 0.2) is 23.3 Å².